The topological polar surface area (TPSA) is 115 Å². The molecule has 0 saturated carbocycles. The fourth-order valence-electron chi connectivity index (χ4n) is 4.03. The first-order valence-electron chi connectivity index (χ1n) is 11.2. The molecule has 1 aliphatic rings. The van der Waals surface area contributed by atoms with Crippen LogP contribution in [0.1, 0.15) is 18.7 Å². The second-order valence-corrected chi connectivity index (χ2v) is 10.2. The van der Waals surface area contributed by atoms with Gasteiger partial charge in [0.2, 0.25) is 27.6 Å². The first kappa shape index (κ1) is 24.7. The standard InChI is InChI=1S/C24H28N4O6S/c1-27(16-22-25-23(26-34-22)18-5-4-6-20(15-18)33-3)24(29)17-11-13-28(14-12-17)35(30,31)21-9-7-19(32-2)8-10-21/h4-10,15,17H,11-14,16H2,1-3H3. The van der Waals surface area contributed by atoms with E-state index in [1.54, 1.807) is 37.3 Å². The van der Waals surface area contributed by atoms with Crippen LogP contribution in [0.25, 0.3) is 11.4 Å². The first-order chi connectivity index (χ1) is 16.8. The molecule has 0 unspecified atom stereocenters. The van der Waals surface area contributed by atoms with Gasteiger partial charge in [-0.05, 0) is 49.2 Å². The van der Waals surface area contributed by atoms with Gasteiger partial charge in [-0.25, -0.2) is 8.42 Å². The molecule has 11 heteroatoms. The van der Waals surface area contributed by atoms with Crippen molar-refractivity contribution in [1.82, 2.24) is 19.3 Å². The van der Waals surface area contributed by atoms with Crippen molar-refractivity contribution < 1.29 is 27.2 Å². The number of hydrogen-bond donors (Lipinski definition) is 0. The van der Waals surface area contributed by atoms with E-state index in [2.05, 4.69) is 10.1 Å². The molecule has 4 rings (SSSR count). The summed E-state index contributed by atoms with van der Waals surface area (Å²) < 4.78 is 43.0. The van der Waals surface area contributed by atoms with Gasteiger partial charge in [0, 0.05) is 31.6 Å². The number of piperidine rings is 1. The minimum absolute atomic E-state index is 0.0763. The molecule has 2 heterocycles. The molecule has 0 radical (unpaired) electrons. The number of methoxy groups -OCH3 is 2. The van der Waals surface area contributed by atoms with Gasteiger partial charge >= 0.3 is 0 Å². The van der Waals surface area contributed by atoms with Gasteiger partial charge in [0.1, 0.15) is 11.5 Å². The molecule has 10 nitrogen and oxygen atoms in total. The molecule has 1 saturated heterocycles. The number of ether oxygens (including phenoxy) is 2. The minimum atomic E-state index is -3.62. The SMILES string of the molecule is COc1ccc(S(=O)(=O)N2CCC(C(=O)N(C)Cc3nc(-c4cccc(OC)c4)no3)CC2)cc1. The van der Waals surface area contributed by atoms with E-state index < -0.39 is 10.0 Å². The quantitative estimate of drug-likeness (QED) is 0.464. The Labute approximate surface area is 204 Å². The number of amides is 1. The van der Waals surface area contributed by atoms with Crippen LogP contribution >= 0.6 is 0 Å². The van der Waals surface area contributed by atoms with Gasteiger partial charge in [0.25, 0.3) is 0 Å². The average Bonchev–Trinajstić information content (AvgIpc) is 3.36. The van der Waals surface area contributed by atoms with E-state index in [0.29, 0.717) is 36.1 Å². The van der Waals surface area contributed by atoms with Gasteiger partial charge in [-0.2, -0.15) is 9.29 Å². The second kappa shape index (κ2) is 10.4. The fourth-order valence-corrected chi connectivity index (χ4v) is 5.50. The summed E-state index contributed by atoms with van der Waals surface area (Å²) in [6, 6.07) is 13.6. The summed E-state index contributed by atoms with van der Waals surface area (Å²) >= 11 is 0. The number of carbonyl (C=O) groups is 1. The Bertz CT molecular complexity index is 1270. The van der Waals surface area contributed by atoms with Crippen molar-refractivity contribution in [2.45, 2.75) is 24.3 Å². The highest BCUT2D eigenvalue weighted by molar-refractivity contribution is 7.89. The Kier molecular flexibility index (Phi) is 7.37. The summed E-state index contributed by atoms with van der Waals surface area (Å²) in [6.07, 6.45) is 0.884. The van der Waals surface area contributed by atoms with Crippen LogP contribution in [-0.4, -0.2) is 68.0 Å². The van der Waals surface area contributed by atoms with Crippen molar-refractivity contribution in [3.8, 4) is 22.9 Å². The largest absolute Gasteiger partial charge is 0.497 e. The summed E-state index contributed by atoms with van der Waals surface area (Å²) in [5, 5.41) is 4.00. The second-order valence-electron chi connectivity index (χ2n) is 8.29. The van der Waals surface area contributed by atoms with Crippen LogP contribution in [0, 0.1) is 5.92 Å². The molecule has 0 bridgehead atoms. The molecule has 186 valence electrons. The van der Waals surface area contributed by atoms with E-state index >= 15 is 0 Å². The van der Waals surface area contributed by atoms with Crippen LogP contribution in [0.15, 0.2) is 57.9 Å². The molecule has 35 heavy (non-hydrogen) atoms. The molecular formula is C24H28N4O6S. The molecule has 2 aromatic carbocycles. The molecule has 0 N–H and O–H groups in total. The minimum Gasteiger partial charge on any atom is -0.497 e. The first-order valence-corrected chi connectivity index (χ1v) is 12.6. The fraction of sp³-hybridized carbons (Fsp3) is 0.375. The van der Waals surface area contributed by atoms with Crippen LogP contribution in [0.3, 0.4) is 0 Å². The zero-order valence-corrected chi connectivity index (χ0v) is 20.7. The maximum Gasteiger partial charge on any atom is 0.246 e. The number of benzene rings is 2. The Hall–Kier alpha value is -3.44. The molecule has 0 spiro atoms. The Morgan fingerprint density at radius 2 is 1.77 bits per heavy atom. The van der Waals surface area contributed by atoms with E-state index in [4.69, 9.17) is 14.0 Å². The monoisotopic (exact) mass is 500 g/mol. The average molecular weight is 501 g/mol. The van der Waals surface area contributed by atoms with Gasteiger partial charge in [0.15, 0.2) is 0 Å². The van der Waals surface area contributed by atoms with Crippen molar-refractivity contribution in [3.63, 3.8) is 0 Å². The van der Waals surface area contributed by atoms with Gasteiger partial charge in [0.05, 0.1) is 25.7 Å². The summed E-state index contributed by atoms with van der Waals surface area (Å²) in [7, 11) is 1.17. The molecule has 0 atom stereocenters. The molecule has 1 amide bonds. The zero-order valence-electron chi connectivity index (χ0n) is 19.9. The predicted molar refractivity (Wildman–Crippen MR) is 127 cm³/mol. The summed E-state index contributed by atoms with van der Waals surface area (Å²) in [6.45, 7) is 0.721. The van der Waals surface area contributed by atoms with Gasteiger partial charge in [-0.15, -0.1) is 0 Å². The number of aromatic nitrogens is 2. The van der Waals surface area contributed by atoms with Crippen molar-refractivity contribution >= 4 is 15.9 Å². The van der Waals surface area contributed by atoms with Gasteiger partial charge < -0.3 is 18.9 Å². The lowest BCUT2D eigenvalue weighted by Crippen LogP contribution is -2.43. The summed E-state index contributed by atoms with van der Waals surface area (Å²) in [5.41, 5.74) is 0.749. The van der Waals surface area contributed by atoms with Gasteiger partial charge in [-0.1, -0.05) is 17.3 Å². The molecule has 1 fully saturated rings. The number of nitrogens with zero attached hydrogens (tertiary/aromatic N) is 4. The van der Waals surface area contributed by atoms with Gasteiger partial charge in [-0.3, -0.25) is 4.79 Å². The normalized spacial score (nSPS) is 15.1. The van der Waals surface area contributed by atoms with Crippen LogP contribution < -0.4 is 9.47 Å². The summed E-state index contributed by atoms with van der Waals surface area (Å²) in [5.74, 6) is 1.65. The lowest BCUT2D eigenvalue weighted by molar-refractivity contribution is -0.136. The highest BCUT2D eigenvalue weighted by Crippen LogP contribution is 2.27. The van der Waals surface area contributed by atoms with Crippen molar-refractivity contribution in [2.24, 2.45) is 5.92 Å². The molecule has 1 aromatic heterocycles. The zero-order chi connectivity index (χ0) is 25.0. The molecule has 1 aliphatic heterocycles. The lowest BCUT2D eigenvalue weighted by Gasteiger charge is -2.32. The molecule has 0 aliphatic carbocycles. The number of sulfonamides is 1. The highest BCUT2D eigenvalue weighted by Gasteiger charge is 2.33. The smallest absolute Gasteiger partial charge is 0.246 e. The van der Waals surface area contributed by atoms with Crippen LogP contribution in [0.4, 0.5) is 0 Å². The van der Waals surface area contributed by atoms with Crippen LogP contribution in [0.2, 0.25) is 0 Å². The van der Waals surface area contributed by atoms with Crippen molar-refractivity contribution in [3.05, 3.63) is 54.4 Å². The maximum absolute atomic E-state index is 13.0. The number of hydrogen-bond acceptors (Lipinski definition) is 8. The third kappa shape index (κ3) is 5.46. The van der Waals surface area contributed by atoms with E-state index in [0.717, 1.165) is 5.56 Å². The van der Waals surface area contributed by atoms with E-state index in [1.165, 1.54) is 23.5 Å². The lowest BCUT2D eigenvalue weighted by atomic mass is 9.97. The Balaban J connectivity index is 1.34. The van der Waals surface area contributed by atoms with E-state index in [9.17, 15) is 13.2 Å². The number of carbonyl (C=O) groups excluding carboxylic acids is 1. The van der Waals surface area contributed by atoms with Crippen LogP contribution in [-0.2, 0) is 21.4 Å². The number of rotatable bonds is 8. The Morgan fingerprint density at radius 1 is 1.09 bits per heavy atom. The third-order valence-corrected chi connectivity index (χ3v) is 7.96. The highest BCUT2D eigenvalue weighted by atomic mass is 32.2. The maximum atomic E-state index is 13.0. The van der Waals surface area contributed by atoms with E-state index in [-0.39, 0.29) is 36.4 Å². The third-order valence-electron chi connectivity index (χ3n) is 6.05. The van der Waals surface area contributed by atoms with Crippen LogP contribution in [0.5, 0.6) is 11.5 Å². The molecule has 3 aromatic rings. The van der Waals surface area contributed by atoms with Crippen molar-refractivity contribution in [1.29, 1.82) is 0 Å². The van der Waals surface area contributed by atoms with E-state index in [1.807, 2.05) is 18.2 Å². The summed E-state index contributed by atoms with van der Waals surface area (Å²) in [4.78, 5) is 19.1. The predicted octanol–water partition coefficient (Wildman–Crippen LogP) is 2.81. The van der Waals surface area contributed by atoms with Crippen molar-refractivity contribution in [2.75, 3.05) is 34.4 Å². The molecular weight excluding hydrogens is 472 g/mol. The Morgan fingerprint density at radius 3 is 2.43 bits per heavy atom.